The third-order valence-electron chi connectivity index (χ3n) is 3.88. The van der Waals surface area contributed by atoms with E-state index in [1.165, 1.54) is 49.0 Å². The molecule has 3 heteroatoms. The van der Waals surface area contributed by atoms with Crippen LogP contribution < -0.4 is 5.32 Å². The predicted molar refractivity (Wildman–Crippen MR) is 94.2 cm³/mol. The lowest BCUT2D eigenvalue weighted by Crippen LogP contribution is -2.23. The van der Waals surface area contributed by atoms with Gasteiger partial charge in [0.05, 0.1) is 6.10 Å². The molecule has 1 rings (SSSR count). The summed E-state index contributed by atoms with van der Waals surface area (Å²) >= 11 is 1.74. The van der Waals surface area contributed by atoms with Gasteiger partial charge in [0.15, 0.2) is 0 Å². The number of benzene rings is 1. The molecule has 2 N–H and O–H groups in total. The van der Waals surface area contributed by atoms with Gasteiger partial charge in [0.25, 0.3) is 0 Å². The summed E-state index contributed by atoms with van der Waals surface area (Å²) in [5.74, 6) is 0. The lowest BCUT2D eigenvalue weighted by molar-refractivity contribution is 0.174. The summed E-state index contributed by atoms with van der Waals surface area (Å²) in [7, 11) is 0. The molecule has 0 saturated carbocycles. The molecular weight excluding hydrogens is 278 g/mol. The number of rotatable bonds is 11. The summed E-state index contributed by atoms with van der Waals surface area (Å²) in [6.45, 7) is 5.97. The third-order valence-corrected chi connectivity index (χ3v) is 4.61. The first-order valence-corrected chi connectivity index (χ1v) is 9.44. The smallest absolute Gasteiger partial charge is 0.0916 e. The Morgan fingerprint density at radius 1 is 1.14 bits per heavy atom. The fraction of sp³-hybridized carbons (Fsp3) is 0.667. The minimum absolute atomic E-state index is 0.402. The van der Waals surface area contributed by atoms with Crippen molar-refractivity contribution in [1.29, 1.82) is 0 Å². The van der Waals surface area contributed by atoms with Gasteiger partial charge in [-0.2, -0.15) is 0 Å². The second-order valence-corrected chi connectivity index (χ2v) is 6.59. The van der Waals surface area contributed by atoms with Gasteiger partial charge in [-0.15, -0.1) is 11.8 Å². The number of aliphatic hydroxyl groups is 1. The molecule has 2 nitrogen and oxygen atoms in total. The van der Waals surface area contributed by atoms with Gasteiger partial charge in [0.2, 0.25) is 0 Å². The highest BCUT2D eigenvalue weighted by atomic mass is 32.2. The predicted octanol–water partition coefficient (Wildman–Crippen LogP) is 4.70. The molecule has 0 fully saturated rings. The standard InChI is InChI=1S/C18H31NOS/c1-4-5-6-7-8-9-12-19-14-18(20)17-11-10-16(21-3)13-15(17)2/h10-11,13,18-20H,4-9,12,14H2,1-3H3. The summed E-state index contributed by atoms with van der Waals surface area (Å²) in [4.78, 5) is 1.25. The lowest BCUT2D eigenvalue weighted by Gasteiger charge is -2.15. The van der Waals surface area contributed by atoms with Crippen molar-refractivity contribution in [2.24, 2.45) is 0 Å². The van der Waals surface area contributed by atoms with Gasteiger partial charge >= 0.3 is 0 Å². The van der Waals surface area contributed by atoms with Crippen molar-refractivity contribution in [2.75, 3.05) is 19.3 Å². The zero-order chi connectivity index (χ0) is 15.5. The van der Waals surface area contributed by atoms with E-state index in [9.17, 15) is 5.11 Å². The van der Waals surface area contributed by atoms with Gasteiger partial charge in [0, 0.05) is 11.4 Å². The number of hydrogen-bond donors (Lipinski definition) is 2. The molecule has 0 aliphatic carbocycles. The monoisotopic (exact) mass is 309 g/mol. The Morgan fingerprint density at radius 2 is 1.86 bits per heavy atom. The van der Waals surface area contributed by atoms with Gasteiger partial charge < -0.3 is 10.4 Å². The zero-order valence-electron chi connectivity index (χ0n) is 13.8. The molecule has 21 heavy (non-hydrogen) atoms. The van der Waals surface area contributed by atoms with Crippen LogP contribution in [0, 0.1) is 6.92 Å². The number of nitrogens with one attached hydrogen (secondary N) is 1. The average Bonchev–Trinajstić information content (AvgIpc) is 2.49. The summed E-state index contributed by atoms with van der Waals surface area (Å²) in [5, 5.41) is 13.6. The number of thioether (sulfide) groups is 1. The Labute approximate surface area is 134 Å². The minimum atomic E-state index is -0.402. The molecule has 0 spiro atoms. The van der Waals surface area contributed by atoms with Crippen LogP contribution in [0.2, 0.25) is 0 Å². The Bertz CT molecular complexity index is 395. The number of hydrogen-bond acceptors (Lipinski definition) is 3. The Hall–Kier alpha value is -0.510. The summed E-state index contributed by atoms with van der Waals surface area (Å²) in [6, 6.07) is 6.29. The Morgan fingerprint density at radius 3 is 2.52 bits per heavy atom. The van der Waals surface area contributed by atoms with Crippen LogP contribution in [0.4, 0.5) is 0 Å². The molecular formula is C18H31NOS. The quantitative estimate of drug-likeness (QED) is 0.459. The molecule has 1 atom stereocenters. The first-order chi connectivity index (χ1) is 10.2. The van der Waals surface area contributed by atoms with Crippen molar-refractivity contribution in [3.05, 3.63) is 29.3 Å². The van der Waals surface area contributed by atoms with Crippen LogP contribution in [-0.2, 0) is 0 Å². The first kappa shape index (κ1) is 18.5. The van der Waals surface area contributed by atoms with Crippen molar-refractivity contribution in [3.8, 4) is 0 Å². The topological polar surface area (TPSA) is 32.3 Å². The van der Waals surface area contributed by atoms with Crippen LogP contribution in [0.15, 0.2) is 23.1 Å². The van der Waals surface area contributed by atoms with Crippen LogP contribution in [0.25, 0.3) is 0 Å². The maximum absolute atomic E-state index is 10.3. The molecule has 0 amide bonds. The highest BCUT2D eigenvalue weighted by Gasteiger charge is 2.10. The molecule has 1 aromatic carbocycles. The van der Waals surface area contributed by atoms with E-state index in [1.807, 2.05) is 0 Å². The molecule has 0 aliphatic heterocycles. The van der Waals surface area contributed by atoms with E-state index in [1.54, 1.807) is 11.8 Å². The molecule has 0 aliphatic rings. The zero-order valence-corrected chi connectivity index (χ0v) is 14.6. The lowest BCUT2D eigenvalue weighted by atomic mass is 10.0. The van der Waals surface area contributed by atoms with Crippen LogP contribution >= 0.6 is 11.8 Å². The number of unbranched alkanes of at least 4 members (excludes halogenated alkanes) is 5. The average molecular weight is 310 g/mol. The van der Waals surface area contributed by atoms with Crippen molar-refractivity contribution in [2.45, 2.75) is 63.4 Å². The Kier molecular flexibility index (Phi) is 9.81. The molecule has 0 saturated heterocycles. The van der Waals surface area contributed by atoms with E-state index >= 15 is 0 Å². The molecule has 120 valence electrons. The van der Waals surface area contributed by atoms with Crippen molar-refractivity contribution < 1.29 is 5.11 Å². The molecule has 1 aromatic rings. The van der Waals surface area contributed by atoms with Crippen LogP contribution in [0.3, 0.4) is 0 Å². The minimum Gasteiger partial charge on any atom is -0.387 e. The number of aliphatic hydroxyl groups excluding tert-OH is 1. The third kappa shape index (κ3) is 7.35. The van der Waals surface area contributed by atoms with E-state index in [-0.39, 0.29) is 0 Å². The highest BCUT2D eigenvalue weighted by Crippen LogP contribution is 2.23. The SMILES string of the molecule is CCCCCCCCNCC(O)c1ccc(SC)cc1C. The maximum atomic E-state index is 10.3. The van der Waals surface area contributed by atoms with E-state index in [0.29, 0.717) is 6.54 Å². The summed E-state index contributed by atoms with van der Waals surface area (Å²) < 4.78 is 0. The second kappa shape index (κ2) is 11.1. The van der Waals surface area contributed by atoms with Gasteiger partial charge in [-0.3, -0.25) is 0 Å². The van der Waals surface area contributed by atoms with Crippen LogP contribution in [0.5, 0.6) is 0 Å². The van der Waals surface area contributed by atoms with Crippen molar-refractivity contribution in [1.82, 2.24) is 5.32 Å². The first-order valence-electron chi connectivity index (χ1n) is 8.22. The van der Waals surface area contributed by atoms with E-state index < -0.39 is 6.10 Å². The normalized spacial score (nSPS) is 12.6. The van der Waals surface area contributed by atoms with Gasteiger partial charge in [0.1, 0.15) is 0 Å². The fourth-order valence-corrected chi connectivity index (χ4v) is 3.03. The van der Waals surface area contributed by atoms with E-state index in [2.05, 4.69) is 43.6 Å². The molecule has 0 aromatic heterocycles. The second-order valence-electron chi connectivity index (χ2n) is 5.71. The largest absolute Gasteiger partial charge is 0.387 e. The molecule has 0 heterocycles. The molecule has 0 radical (unpaired) electrons. The van der Waals surface area contributed by atoms with Gasteiger partial charge in [-0.05, 0) is 49.4 Å². The molecule has 1 unspecified atom stereocenters. The fourth-order valence-electron chi connectivity index (χ4n) is 2.53. The highest BCUT2D eigenvalue weighted by molar-refractivity contribution is 7.98. The van der Waals surface area contributed by atoms with E-state index in [0.717, 1.165) is 12.1 Å². The summed E-state index contributed by atoms with van der Waals surface area (Å²) in [6.07, 6.45) is 9.54. The van der Waals surface area contributed by atoms with Crippen LogP contribution in [-0.4, -0.2) is 24.5 Å². The van der Waals surface area contributed by atoms with Crippen molar-refractivity contribution >= 4 is 11.8 Å². The van der Waals surface area contributed by atoms with E-state index in [4.69, 9.17) is 0 Å². The van der Waals surface area contributed by atoms with Crippen molar-refractivity contribution in [3.63, 3.8) is 0 Å². The summed E-state index contributed by atoms with van der Waals surface area (Å²) in [5.41, 5.74) is 2.22. The number of aryl methyl sites for hydroxylation is 1. The van der Waals surface area contributed by atoms with Gasteiger partial charge in [-0.1, -0.05) is 45.1 Å². The Balaban J connectivity index is 2.20. The van der Waals surface area contributed by atoms with Gasteiger partial charge in [-0.25, -0.2) is 0 Å². The molecule has 0 bridgehead atoms. The van der Waals surface area contributed by atoms with Crippen LogP contribution in [0.1, 0.15) is 62.7 Å². The maximum Gasteiger partial charge on any atom is 0.0916 e.